The topological polar surface area (TPSA) is 106 Å². The average molecular weight is 612 g/mol. The van der Waals surface area contributed by atoms with E-state index in [1.807, 2.05) is 24.3 Å². The van der Waals surface area contributed by atoms with Crippen molar-refractivity contribution in [3.8, 4) is 39.9 Å². The van der Waals surface area contributed by atoms with Crippen molar-refractivity contribution >= 4 is 11.9 Å². The predicted molar refractivity (Wildman–Crippen MR) is 175 cm³/mol. The van der Waals surface area contributed by atoms with Crippen molar-refractivity contribution in [1.29, 1.82) is 0 Å². The number of carbonyl (C=O) groups excluding carboxylic acids is 2. The minimum atomic E-state index is -0.514. The van der Waals surface area contributed by atoms with E-state index in [1.165, 1.54) is 0 Å². The van der Waals surface area contributed by atoms with Crippen LogP contribution in [-0.2, 0) is 0 Å². The number of rotatable bonds is 17. The molecule has 0 unspecified atom stereocenters. The van der Waals surface area contributed by atoms with Gasteiger partial charge in [0.05, 0.1) is 25.9 Å². The third kappa shape index (κ3) is 10.1. The second-order valence-corrected chi connectivity index (χ2v) is 10.5. The molecule has 4 aromatic rings. The van der Waals surface area contributed by atoms with Crippen LogP contribution >= 0.6 is 0 Å². The predicted octanol–water partition coefficient (Wildman–Crippen LogP) is 7.88. The van der Waals surface area contributed by atoms with Gasteiger partial charge in [-0.25, -0.2) is 9.59 Å². The molecular formula is C37H41NO7. The number of esters is 2. The van der Waals surface area contributed by atoms with Crippen molar-refractivity contribution in [3.63, 3.8) is 0 Å². The van der Waals surface area contributed by atoms with Gasteiger partial charge < -0.3 is 29.4 Å². The van der Waals surface area contributed by atoms with Gasteiger partial charge >= 0.3 is 11.9 Å². The highest BCUT2D eigenvalue weighted by Gasteiger charge is 2.17. The van der Waals surface area contributed by atoms with Crippen LogP contribution in [0.2, 0.25) is 0 Å². The van der Waals surface area contributed by atoms with E-state index in [0.717, 1.165) is 49.7 Å². The van der Waals surface area contributed by atoms with Crippen LogP contribution in [0.1, 0.15) is 66.2 Å². The molecule has 0 aliphatic heterocycles. The molecule has 0 heterocycles. The Morgan fingerprint density at radius 2 is 1.16 bits per heavy atom. The SMILES string of the molecule is CCCCCOc1ccc(C(=O)Oc2ccc(-c3ccc(OC(=O)c4ccc(OC)cc4)cc3)cc2)c(OCCCCCN)c1. The van der Waals surface area contributed by atoms with Gasteiger partial charge in [-0.05, 0) is 104 Å². The Balaban J connectivity index is 1.37. The Labute approximate surface area is 265 Å². The molecule has 45 heavy (non-hydrogen) atoms. The fourth-order valence-electron chi connectivity index (χ4n) is 4.51. The number of benzene rings is 4. The van der Waals surface area contributed by atoms with E-state index in [9.17, 15) is 9.59 Å². The maximum absolute atomic E-state index is 13.2. The van der Waals surface area contributed by atoms with Crippen LogP contribution in [0.25, 0.3) is 11.1 Å². The minimum Gasteiger partial charge on any atom is -0.497 e. The van der Waals surface area contributed by atoms with Crippen molar-refractivity contribution in [3.05, 3.63) is 102 Å². The van der Waals surface area contributed by atoms with Crippen LogP contribution in [0.15, 0.2) is 91.0 Å². The first kappa shape index (κ1) is 33.1. The van der Waals surface area contributed by atoms with E-state index < -0.39 is 11.9 Å². The normalized spacial score (nSPS) is 10.6. The van der Waals surface area contributed by atoms with Crippen molar-refractivity contribution in [2.45, 2.75) is 45.4 Å². The molecule has 0 bridgehead atoms. The zero-order valence-electron chi connectivity index (χ0n) is 26.0. The number of carbonyl (C=O) groups is 2. The summed E-state index contributed by atoms with van der Waals surface area (Å²) in [5.41, 5.74) is 8.18. The molecule has 4 rings (SSSR count). The molecule has 0 radical (unpaired) electrons. The molecule has 8 heteroatoms. The number of hydrogen-bond acceptors (Lipinski definition) is 8. The third-order valence-electron chi connectivity index (χ3n) is 7.08. The Bertz CT molecular complexity index is 1500. The highest BCUT2D eigenvalue weighted by molar-refractivity contribution is 5.94. The molecule has 2 N–H and O–H groups in total. The molecule has 0 spiro atoms. The summed E-state index contributed by atoms with van der Waals surface area (Å²) in [5.74, 6) is 1.63. The van der Waals surface area contributed by atoms with Gasteiger partial charge in [-0.3, -0.25) is 0 Å². The Morgan fingerprint density at radius 3 is 1.76 bits per heavy atom. The summed E-state index contributed by atoms with van der Waals surface area (Å²) in [6, 6.07) is 26.3. The number of unbranched alkanes of at least 4 members (excludes halogenated alkanes) is 4. The fourth-order valence-corrected chi connectivity index (χ4v) is 4.51. The van der Waals surface area contributed by atoms with Crippen LogP contribution in [0.4, 0.5) is 0 Å². The zero-order valence-corrected chi connectivity index (χ0v) is 26.0. The summed E-state index contributed by atoms with van der Waals surface area (Å²) in [6.07, 6.45) is 5.89. The smallest absolute Gasteiger partial charge is 0.347 e. The van der Waals surface area contributed by atoms with Crippen LogP contribution in [0.3, 0.4) is 0 Å². The second-order valence-electron chi connectivity index (χ2n) is 10.5. The van der Waals surface area contributed by atoms with Crippen molar-refractivity contribution in [2.24, 2.45) is 5.73 Å². The lowest BCUT2D eigenvalue weighted by atomic mass is 10.1. The quantitative estimate of drug-likeness (QED) is 0.0730. The first-order valence-corrected chi connectivity index (χ1v) is 15.4. The van der Waals surface area contributed by atoms with Crippen LogP contribution in [0.5, 0.6) is 28.7 Å². The van der Waals surface area contributed by atoms with Gasteiger partial charge in [0.15, 0.2) is 0 Å². The van der Waals surface area contributed by atoms with Gasteiger partial charge in [0, 0.05) is 6.07 Å². The molecule has 0 atom stereocenters. The summed E-state index contributed by atoms with van der Waals surface area (Å²) < 4.78 is 28.2. The monoisotopic (exact) mass is 611 g/mol. The third-order valence-corrected chi connectivity index (χ3v) is 7.08. The first-order chi connectivity index (χ1) is 22.0. The molecule has 0 aliphatic rings. The lowest BCUT2D eigenvalue weighted by Crippen LogP contribution is -2.12. The molecular weight excluding hydrogens is 570 g/mol. The van der Waals surface area contributed by atoms with Crippen LogP contribution < -0.4 is 29.4 Å². The number of nitrogens with two attached hydrogens (primary N) is 1. The minimum absolute atomic E-state index is 0.332. The van der Waals surface area contributed by atoms with Crippen molar-refractivity contribution < 1.29 is 33.3 Å². The highest BCUT2D eigenvalue weighted by Crippen LogP contribution is 2.29. The van der Waals surface area contributed by atoms with Gasteiger partial charge in [0.2, 0.25) is 0 Å². The molecule has 0 amide bonds. The summed E-state index contributed by atoms with van der Waals surface area (Å²) in [7, 11) is 1.57. The van der Waals surface area contributed by atoms with E-state index in [0.29, 0.717) is 59.6 Å². The van der Waals surface area contributed by atoms with Gasteiger partial charge in [-0.1, -0.05) is 44.0 Å². The summed E-state index contributed by atoms with van der Waals surface area (Å²) in [4.78, 5) is 25.7. The van der Waals surface area contributed by atoms with Crippen molar-refractivity contribution in [1.82, 2.24) is 0 Å². The molecule has 4 aromatic carbocycles. The van der Waals surface area contributed by atoms with Gasteiger partial charge in [0.25, 0.3) is 0 Å². The van der Waals surface area contributed by atoms with Crippen molar-refractivity contribution in [2.75, 3.05) is 26.9 Å². The van der Waals surface area contributed by atoms with E-state index in [2.05, 4.69) is 6.92 Å². The summed E-state index contributed by atoms with van der Waals surface area (Å²) >= 11 is 0. The maximum Gasteiger partial charge on any atom is 0.347 e. The first-order valence-electron chi connectivity index (χ1n) is 15.4. The molecule has 8 nitrogen and oxygen atoms in total. The number of methoxy groups -OCH3 is 1. The molecule has 236 valence electrons. The lowest BCUT2D eigenvalue weighted by molar-refractivity contribution is 0.0722. The lowest BCUT2D eigenvalue weighted by Gasteiger charge is -2.14. The van der Waals surface area contributed by atoms with Crippen LogP contribution in [0, 0.1) is 0 Å². The van der Waals surface area contributed by atoms with Gasteiger partial charge in [0.1, 0.15) is 34.3 Å². The number of ether oxygens (including phenoxy) is 5. The highest BCUT2D eigenvalue weighted by atomic mass is 16.5. The number of hydrogen-bond donors (Lipinski definition) is 1. The maximum atomic E-state index is 13.2. The van der Waals surface area contributed by atoms with E-state index >= 15 is 0 Å². The second kappa shape index (κ2) is 17.5. The largest absolute Gasteiger partial charge is 0.497 e. The summed E-state index contributed by atoms with van der Waals surface area (Å²) in [6.45, 7) is 3.86. The Hall–Kier alpha value is -4.82. The summed E-state index contributed by atoms with van der Waals surface area (Å²) in [5, 5.41) is 0. The van der Waals surface area contributed by atoms with Gasteiger partial charge in [-0.15, -0.1) is 0 Å². The Morgan fingerprint density at radius 1 is 0.600 bits per heavy atom. The average Bonchev–Trinajstić information content (AvgIpc) is 3.07. The standard InChI is InChI=1S/C37H41NO7/c1-3-4-7-24-42-33-21-22-34(35(26-33)43-25-8-5-6-23-38)37(40)45-32-19-11-28(12-20-32)27-9-17-31(18-10-27)44-36(39)29-13-15-30(41-2)16-14-29/h9-22,26H,3-8,23-25,38H2,1-2H3. The van der Waals surface area contributed by atoms with Crippen LogP contribution in [-0.4, -0.2) is 38.8 Å². The van der Waals surface area contributed by atoms with E-state index in [4.69, 9.17) is 29.4 Å². The Kier molecular flexibility index (Phi) is 12.8. The van der Waals surface area contributed by atoms with E-state index in [1.54, 1.807) is 73.8 Å². The fraction of sp³-hybridized carbons (Fsp3) is 0.297. The molecule has 0 fully saturated rings. The molecule has 0 aromatic heterocycles. The molecule has 0 saturated carbocycles. The zero-order chi connectivity index (χ0) is 31.9. The van der Waals surface area contributed by atoms with E-state index in [-0.39, 0.29) is 0 Å². The molecule has 0 aliphatic carbocycles. The molecule has 0 saturated heterocycles. The van der Waals surface area contributed by atoms with Gasteiger partial charge in [-0.2, -0.15) is 0 Å².